The number of hydrogen-bond donors (Lipinski definition) is 1. The van der Waals surface area contributed by atoms with Gasteiger partial charge in [0.05, 0.1) is 6.54 Å². The Hall–Kier alpha value is -2.24. The second kappa shape index (κ2) is 8.04. The molecule has 1 N–H and O–H groups in total. The van der Waals surface area contributed by atoms with E-state index in [0.29, 0.717) is 13.1 Å². The summed E-state index contributed by atoms with van der Waals surface area (Å²) in [6.07, 6.45) is 0.606. The van der Waals surface area contributed by atoms with Gasteiger partial charge in [-0.05, 0) is 32.9 Å². The van der Waals surface area contributed by atoms with Crippen LogP contribution in [0.5, 0.6) is 5.75 Å². The second-order valence-electron chi connectivity index (χ2n) is 6.86. The number of carbonyl (C=O) groups excluding carboxylic acids is 2. The number of para-hydroxylation sites is 1. The molecule has 1 aliphatic rings. The molecule has 0 spiro atoms. The number of alkyl carbamates (subject to hydrolysis) is 1. The standard InChI is InChI=1S/C18H26N2O4/c1-18(2,3)24-17(22)19-11-9-16(21)20-12-10-15(13-20)23-14-7-5-4-6-8-14/h4-8,15H,9-13H2,1-3H3,(H,19,22). The average molecular weight is 334 g/mol. The zero-order chi connectivity index (χ0) is 17.6. The van der Waals surface area contributed by atoms with E-state index >= 15 is 0 Å². The van der Waals surface area contributed by atoms with Gasteiger partial charge in [-0.3, -0.25) is 4.79 Å². The lowest BCUT2D eigenvalue weighted by Crippen LogP contribution is -2.36. The Labute approximate surface area is 143 Å². The molecule has 1 aromatic carbocycles. The Bertz CT molecular complexity index is 554. The summed E-state index contributed by atoms with van der Waals surface area (Å²) < 4.78 is 11.0. The number of carbonyl (C=O) groups is 2. The number of ether oxygens (including phenoxy) is 2. The smallest absolute Gasteiger partial charge is 0.407 e. The van der Waals surface area contributed by atoms with Crippen LogP contribution in [0.1, 0.15) is 33.6 Å². The van der Waals surface area contributed by atoms with Gasteiger partial charge in [-0.25, -0.2) is 4.79 Å². The van der Waals surface area contributed by atoms with Crippen molar-refractivity contribution in [2.75, 3.05) is 19.6 Å². The molecule has 2 amide bonds. The van der Waals surface area contributed by atoms with Crippen LogP contribution >= 0.6 is 0 Å². The van der Waals surface area contributed by atoms with Crippen molar-refractivity contribution in [2.45, 2.75) is 45.3 Å². The van der Waals surface area contributed by atoms with Crippen LogP contribution in [0.4, 0.5) is 4.79 Å². The molecule has 1 aromatic rings. The summed E-state index contributed by atoms with van der Waals surface area (Å²) in [6, 6.07) is 9.62. The Balaban J connectivity index is 1.68. The minimum atomic E-state index is -0.537. The summed E-state index contributed by atoms with van der Waals surface area (Å²) in [5, 5.41) is 2.60. The summed E-state index contributed by atoms with van der Waals surface area (Å²) in [5.41, 5.74) is -0.537. The molecule has 1 heterocycles. The van der Waals surface area contributed by atoms with Crippen LogP contribution in [-0.2, 0) is 9.53 Å². The maximum absolute atomic E-state index is 12.2. The number of rotatable bonds is 5. The molecule has 0 aromatic heterocycles. The molecule has 1 atom stereocenters. The van der Waals surface area contributed by atoms with E-state index in [1.54, 1.807) is 25.7 Å². The van der Waals surface area contributed by atoms with Crippen molar-refractivity contribution in [1.82, 2.24) is 10.2 Å². The lowest BCUT2D eigenvalue weighted by molar-refractivity contribution is -0.130. The van der Waals surface area contributed by atoms with Gasteiger partial charge in [0.15, 0.2) is 0 Å². The SMILES string of the molecule is CC(C)(C)OC(=O)NCCC(=O)N1CCC(Oc2ccccc2)C1. The first-order valence-electron chi connectivity index (χ1n) is 8.30. The largest absolute Gasteiger partial charge is 0.489 e. The van der Waals surface area contributed by atoms with Crippen LogP contribution in [0.25, 0.3) is 0 Å². The molecule has 1 unspecified atom stereocenters. The summed E-state index contributed by atoms with van der Waals surface area (Å²) in [4.78, 5) is 25.5. The van der Waals surface area contributed by atoms with E-state index in [9.17, 15) is 9.59 Å². The van der Waals surface area contributed by atoms with Crippen molar-refractivity contribution in [2.24, 2.45) is 0 Å². The molecular weight excluding hydrogens is 308 g/mol. The Morgan fingerprint density at radius 1 is 1.25 bits per heavy atom. The second-order valence-corrected chi connectivity index (χ2v) is 6.86. The number of nitrogens with one attached hydrogen (secondary N) is 1. The molecule has 0 aliphatic carbocycles. The van der Waals surface area contributed by atoms with E-state index in [2.05, 4.69) is 5.32 Å². The fraction of sp³-hybridized carbons (Fsp3) is 0.556. The molecule has 0 saturated carbocycles. The fourth-order valence-corrected chi connectivity index (χ4v) is 2.49. The monoisotopic (exact) mass is 334 g/mol. The van der Waals surface area contributed by atoms with Crippen LogP contribution in [0.2, 0.25) is 0 Å². The molecule has 24 heavy (non-hydrogen) atoms. The molecule has 6 heteroatoms. The van der Waals surface area contributed by atoms with Crippen LogP contribution in [0.15, 0.2) is 30.3 Å². The zero-order valence-electron chi connectivity index (χ0n) is 14.6. The lowest BCUT2D eigenvalue weighted by atomic mass is 10.2. The van der Waals surface area contributed by atoms with Gasteiger partial charge in [-0.1, -0.05) is 18.2 Å². The van der Waals surface area contributed by atoms with Crippen LogP contribution < -0.4 is 10.1 Å². The molecule has 1 fully saturated rings. The van der Waals surface area contributed by atoms with E-state index in [1.807, 2.05) is 30.3 Å². The van der Waals surface area contributed by atoms with E-state index in [4.69, 9.17) is 9.47 Å². The Morgan fingerprint density at radius 2 is 1.96 bits per heavy atom. The molecule has 2 rings (SSSR count). The molecule has 0 radical (unpaired) electrons. The van der Waals surface area contributed by atoms with Crippen LogP contribution in [0.3, 0.4) is 0 Å². The van der Waals surface area contributed by atoms with Gasteiger partial charge in [0.25, 0.3) is 0 Å². The van der Waals surface area contributed by atoms with Crippen molar-refractivity contribution in [3.05, 3.63) is 30.3 Å². The predicted molar refractivity (Wildman–Crippen MR) is 90.9 cm³/mol. The minimum Gasteiger partial charge on any atom is -0.489 e. The number of benzene rings is 1. The highest BCUT2D eigenvalue weighted by molar-refractivity contribution is 5.77. The van der Waals surface area contributed by atoms with E-state index in [-0.39, 0.29) is 25.0 Å². The number of hydrogen-bond acceptors (Lipinski definition) is 4. The summed E-state index contributed by atoms with van der Waals surface area (Å²) >= 11 is 0. The molecule has 1 aliphatic heterocycles. The first-order chi connectivity index (χ1) is 11.3. The van der Waals surface area contributed by atoms with Gasteiger partial charge < -0.3 is 19.7 Å². The van der Waals surface area contributed by atoms with Gasteiger partial charge in [-0.15, -0.1) is 0 Å². The van der Waals surface area contributed by atoms with Crippen LogP contribution in [-0.4, -0.2) is 48.2 Å². The predicted octanol–water partition coefficient (Wildman–Crippen LogP) is 2.58. The van der Waals surface area contributed by atoms with Gasteiger partial charge in [0, 0.05) is 25.9 Å². The third kappa shape index (κ3) is 6.10. The van der Waals surface area contributed by atoms with Crippen molar-refractivity contribution < 1.29 is 19.1 Å². The first-order valence-corrected chi connectivity index (χ1v) is 8.30. The molecule has 6 nitrogen and oxygen atoms in total. The number of likely N-dealkylation sites (tertiary alicyclic amines) is 1. The van der Waals surface area contributed by atoms with E-state index in [0.717, 1.165) is 12.2 Å². The normalized spacial score (nSPS) is 17.5. The lowest BCUT2D eigenvalue weighted by Gasteiger charge is -2.20. The van der Waals surface area contributed by atoms with Gasteiger partial charge in [0.1, 0.15) is 17.5 Å². The Kier molecular flexibility index (Phi) is 6.06. The van der Waals surface area contributed by atoms with Gasteiger partial charge >= 0.3 is 6.09 Å². The Morgan fingerprint density at radius 3 is 2.62 bits per heavy atom. The third-order valence-electron chi connectivity index (χ3n) is 3.55. The van der Waals surface area contributed by atoms with E-state index < -0.39 is 11.7 Å². The maximum atomic E-state index is 12.2. The fourth-order valence-electron chi connectivity index (χ4n) is 2.49. The topological polar surface area (TPSA) is 67.9 Å². The molecule has 0 bridgehead atoms. The highest BCUT2D eigenvalue weighted by Crippen LogP contribution is 2.18. The molecule has 132 valence electrons. The minimum absolute atomic E-state index is 0.0187. The number of nitrogens with zero attached hydrogens (tertiary/aromatic N) is 1. The van der Waals surface area contributed by atoms with Crippen LogP contribution in [0, 0.1) is 0 Å². The maximum Gasteiger partial charge on any atom is 0.407 e. The van der Waals surface area contributed by atoms with Crippen molar-refractivity contribution in [1.29, 1.82) is 0 Å². The highest BCUT2D eigenvalue weighted by Gasteiger charge is 2.27. The third-order valence-corrected chi connectivity index (χ3v) is 3.55. The zero-order valence-corrected chi connectivity index (χ0v) is 14.6. The number of amides is 2. The van der Waals surface area contributed by atoms with Crippen molar-refractivity contribution in [3.8, 4) is 5.75 Å². The molecule has 1 saturated heterocycles. The summed E-state index contributed by atoms with van der Waals surface area (Å²) in [5.74, 6) is 0.841. The first kappa shape index (κ1) is 18.1. The summed E-state index contributed by atoms with van der Waals surface area (Å²) in [6.45, 7) is 6.94. The van der Waals surface area contributed by atoms with Crippen molar-refractivity contribution in [3.63, 3.8) is 0 Å². The molecular formula is C18H26N2O4. The van der Waals surface area contributed by atoms with E-state index in [1.165, 1.54) is 0 Å². The van der Waals surface area contributed by atoms with Gasteiger partial charge in [-0.2, -0.15) is 0 Å². The van der Waals surface area contributed by atoms with Crippen molar-refractivity contribution >= 4 is 12.0 Å². The van der Waals surface area contributed by atoms with Gasteiger partial charge in [0.2, 0.25) is 5.91 Å². The summed E-state index contributed by atoms with van der Waals surface area (Å²) in [7, 11) is 0. The highest BCUT2D eigenvalue weighted by atomic mass is 16.6. The average Bonchev–Trinajstić information content (AvgIpc) is 2.95. The quantitative estimate of drug-likeness (QED) is 0.899.